The molecule has 4 heteroatoms. The normalized spacial score (nSPS) is 21.0. The zero-order valence-corrected chi connectivity index (χ0v) is 10.4. The highest BCUT2D eigenvalue weighted by Crippen LogP contribution is 2.50. The predicted molar refractivity (Wildman–Crippen MR) is 66.3 cm³/mol. The second-order valence-electron chi connectivity index (χ2n) is 4.52. The molecule has 1 aliphatic heterocycles. The molecule has 2 N–H and O–H groups in total. The molecule has 3 rings (SSSR count). The molecule has 1 aromatic carbocycles. The molecular weight excluding hydrogens is 268 g/mol. The van der Waals surface area contributed by atoms with Crippen molar-refractivity contribution in [1.82, 2.24) is 5.48 Å². The van der Waals surface area contributed by atoms with Crippen LogP contribution >= 0.6 is 15.9 Å². The van der Waals surface area contributed by atoms with E-state index in [4.69, 9.17) is 0 Å². The quantitative estimate of drug-likeness (QED) is 0.717. The van der Waals surface area contributed by atoms with Crippen molar-refractivity contribution in [1.29, 1.82) is 0 Å². The SMILES string of the molecule is ONC1=Nc2ccc(Br)cc2C12CCCC2. The Morgan fingerprint density at radius 3 is 2.75 bits per heavy atom. The molecule has 0 aromatic heterocycles. The van der Waals surface area contributed by atoms with Gasteiger partial charge in [-0.3, -0.25) is 10.7 Å². The van der Waals surface area contributed by atoms with E-state index >= 15 is 0 Å². The Morgan fingerprint density at radius 2 is 2.06 bits per heavy atom. The van der Waals surface area contributed by atoms with E-state index < -0.39 is 0 Å². The van der Waals surface area contributed by atoms with E-state index in [0.717, 1.165) is 28.8 Å². The lowest BCUT2D eigenvalue weighted by Crippen LogP contribution is -2.38. The maximum Gasteiger partial charge on any atom is 0.136 e. The van der Waals surface area contributed by atoms with Crippen molar-refractivity contribution in [3.63, 3.8) is 0 Å². The summed E-state index contributed by atoms with van der Waals surface area (Å²) >= 11 is 3.50. The van der Waals surface area contributed by atoms with Gasteiger partial charge in [0.2, 0.25) is 0 Å². The van der Waals surface area contributed by atoms with Crippen LogP contribution in [0.3, 0.4) is 0 Å². The molecule has 1 spiro atoms. The fourth-order valence-corrected chi connectivity index (χ4v) is 3.32. The lowest BCUT2D eigenvalue weighted by atomic mass is 9.79. The van der Waals surface area contributed by atoms with E-state index in [1.54, 1.807) is 0 Å². The Balaban J connectivity index is 2.18. The van der Waals surface area contributed by atoms with Gasteiger partial charge in [0.1, 0.15) is 5.84 Å². The number of halogens is 1. The number of hydroxylamine groups is 1. The van der Waals surface area contributed by atoms with Crippen LogP contribution in [-0.2, 0) is 5.41 Å². The summed E-state index contributed by atoms with van der Waals surface area (Å²) in [6, 6.07) is 6.13. The first-order valence-electron chi connectivity index (χ1n) is 5.55. The van der Waals surface area contributed by atoms with E-state index in [9.17, 15) is 5.21 Å². The molecule has 3 nitrogen and oxygen atoms in total. The first-order chi connectivity index (χ1) is 7.76. The summed E-state index contributed by atoms with van der Waals surface area (Å²) in [5.41, 5.74) is 4.47. The molecule has 0 unspecified atom stereocenters. The zero-order valence-electron chi connectivity index (χ0n) is 8.83. The summed E-state index contributed by atoms with van der Waals surface area (Å²) in [6.45, 7) is 0. The molecule has 84 valence electrons. The van der Waals surface area contributed by atoms with Crippen LogP contribution in [0.4, 0.5) is 5.69 Å². The minimum Gasteiger partial charge on any atom is -0.290 e. The summed E-state index contributed by atoms with van der Waals surface area (Å²) in [5, 5.41) is 9.24. The molecule has 0 amide bonds. The van der Waals surface area contributed by atoms with Gasteiger partial charge in [0.25, 0.3) is 0 Å². The molecule has 0 saturated heterocycles. The Morgan fingerprint density at radius 1 is 1.31 bits per heavy atom. The molecule has 2 aliphatic rings. The van der Waals surface area contributed by atoms with Crippen molar-refractivity contribution in [3.05, 3.63) is 28.2 Å². The van der Waals surface area contributed by atoms with Gasteiger partial charge in [0.05, 0.1) is 11.1 Å². The van der Waals surface area contributed by atoms with Crippen LogP contribution < -0.4 is 5.48 Å². The number of fused-ring (bicyclic) bond motifs is 2. The fourth-order valence-electron chi connectivity index (χ4n) is 2.96. The van der Waals surface area contributed by atoms with Gasteiger partial charge in [0.15, 0.2) is 0 Å². The van der Waals surface area contributed by atoms with Gasteiger partial charge >= 0.3 is 0 Å². The standard InChI is InChI=1S/C12H13BrN2O/c13-8-3-4-10-9(7-8)12(5-1-2-6-12)11(14-10)15-16/h3-4,7,16H,1-2,5-6H2,(H,14,15). The summed E-state index contributed by atoms with van der Waals surface area (Å²) in [4.78, 5) is 4.48. The number of nitrogens with one attached hydrogen (secondary N) is 1. The van der Waals surface area contributed by atoms with Crippen molar-refractivity contribution >= 4 is 27.5 Å². The second kappa shape index (κ2) is 3.57. The topological polar surface area (TPSA) is 44.6 Å². The van der Waals surface area contributed by atoms with Gasteiger partial charge in [-0.05, 0) is 36.6 Å². The van der Waals surface area contributed by atoms with Crippen molar-refractivity contribution < 1.29 is 5.21 Å². The number of amidine groups is 1. The summed E-state index contributed by atoms with van der Waals surface area (Å²) in [6.07, 6.45) is 4.55. The minimum atomic E-state index is -0.0616. The average molecular weight is 281 g/mol. The highest BCUT2D eigenvalue weighted by molar-refractivity contribution is 9.10. The van der Waals surface area contributed by atoms with Crippen LogP contribution in [-0.4, -0.2) is 11.0 Å². The number of rotatable bonds is 0. The third kappa shape index (κ3) is 1.26. The van der Waals surface area contributed by atoms with Gasteiger partial charge in [-0.25, -0.2) is 4.99 Å². The first kappa shape index (κ1) is 10.3. The van der Waals surface area contributed by atoms with Crippen molar-refractivity contribution in [2.75, 3.05) is 0 Å². The molecule has 1 saturated carbocycles. The van der Waals surface area contributed by atoms with Crippen LogP contribution in [0.25, 0.3) is 0 Å². The fraction of sp³-hybridized carbons (Fsp3) is 0.417. The van der Waals surface area contributed by atoms with Crippen LogP contribution in [0.1, 0.15) is 31.2 Å². The maximum atomic E-state index is 9.24. The van der Waals surface area contributed by atoms with Gasteiger partial charge in [-0.1, -0.05) is 28.8 Å². The lowest BCUT2D eigenvalue weighted by Gasteiger charge is -2.25. The highest BCUT2D eigenvalue weighted by atomic mass is 79.9. The van der Waals surface area contributed by atoms with Gasteiger partial charge < -0.3 is 0 Å². The molecule has 0 bridgehead atoms. The van der Waals surface area contributed by atoms with E-state index in [1.165, 1.54) is 18.4 Å². The molecule has 1 heterocycles. The number of hydrogen-bond acceptors (Lipinski definition) is 3. The van der Waals surface area contributed by atoms with Crippen LogP contribution in [0.2, 0.25) is 0 Å². The third-order valence-corrected chi connectivity index (χ3v) is 4.22. The number of aliphatic imine (C=N–C) groups is 1. The van der Waals surface area contributed by atoms with Crippen LogP contribution in [0.15, 0.2) is 27.7 Å². The molecule has 16 heavy (non-hydrogen) atoms. The molecule has 1 aliphatic carbocycles. The third-order valence-electron chi connectivity index (χ3n) is 3.72. The Hall–Kier alpha value is -0.870. The highest BCUT2D eigenvalue weighted by Gasteiger charge is 2.45. The molecule has 0 atom stereocenters. The average Bonchev–Trinajstić information content (AvgIpc) is 2.87. The van der Waals surface area contributed by atoms with Crippen LogP contribution in [0, 0.1) is 0 Å². The monoisotopic (exact) mass is 280 g/mol. The van der Waals surface area contributed by atoms with Gasteiger partial charge in [-0.2, -0.15) is 0 Å². The number of benzene rings is 1. The Labute approximate surface area is 103 Å². The summed E-state index contributed by atoms with van der Waals surface area (Å²) in [7, 11) is 0. The second-order valence-corrected chi connectivity index (χ2v) is 5.44. The molecular formula is C12H13BrN2O. The summed E-state index contributed by atoms with van der Waals surface area (Å²) in [5.74, 6) is 0.720. The molecule has 1 aromatic rings. The predicted octanol–water partition coefficient (Wildman–Crippen LogP) is 3.28. The minimum absolute atomic E-state index is 0.0616. The number of hydrogen-bond donors (Lipinski definition) is 2. The van der Waals surface area contributed by atoms with E-state index in [2.05, 4.69) is 32.5 Å². The zero-order chi connectivity index (χ0) is 11.2. The molecule has 0 radical (unpaired) electrons. The Kier molecular flexibility index (Phi) is 2.30. The first-order valence-corrected chi connectivity index (χ1v) is 6.35. The van der Waals surface area contributed by atoms with E-state index in [-0.39, 0.29) is 5.41 Å². The van der Waals surface area contributed by atoms with Gasteiger partial charge in [0, 0.05) is 4.47 Å². The van der Waals surface area contributed by atoms with E-state index in [1.807, 2.05) is 12.1 Å². The van der Waals surface area contributed by atoms with E-state index in [0.29, 0.717) is 0 Å². The lowest BCUT2D eigenvalue weighted by molar-refractivity contribution is 0.225. The molecule has 1 fully saturated rings. The maximum absolute atomic E-state index is 9.24. The summed E-state index contributed by atoms with van der Waals surface area (Å²) < 4.78 is 1.08. The van der Waals surface area contributed by atoms with Crippen molar-refractivity contribution in [2.24, 2.45) is 4.99 Å². The Bertz CT molecular complexity index is 464. The largest absolute Gasteiger partial charge is 0.290 e. The number of nitrogens with zero attached hydrogens (tertiary/aromatic N) is 1. The van der Waals surface area contributed by atoms with Gasteiger partial charge in [-0.15, -0.1) is 0 Å². The van der Waals surface area contributed by atoms with Crippen molar-refractivity contribution in [2.45, 2.75) is 31.1 Å². The van der Waals surface area contributed by atoms with Crippen LogP contribution in [0.5, 0.6) is 0 Å². The van der Waals surface area contributed by atoms with Crippen molar-refractivity contribution in [3.8, 4) is 0 Å². The smallest absolute Gasteiger partial charge is 0.136 e.